The van der Waals surface area contributed by atoms with E-state index in [4.69, 9.17) is 0 Å². The molecule has 0 saturated heterocycles. The molecular weight excluding hydrogens is 200 g/mol. The number of benzene rings is 1. The first kappa shape index (κ1) is 9.09. The fourth-order valence-electron chi connectivity index (χ4n) is 1.96. The number of carbonyl (C=O) groups excluding carboxylic acids is 1. The molecule has 3 aromatic rings. The third-order valence-electron chi connectivity index (χ3n) is 2.76. The van der Waals surface area contributed by atoms with Crippen molar-refractivity contribution >= 4 is 28.2 Å². The Morgan fingerprint density at radius 1 is 1.19 bits per heavy atom. The third kappa shape index (κ3) is 1.21. The van der Waals surface area contributed by atoms with Gasteiger partial charge in [-0.3, -0.25) is 4.79 Å². The van der Waals surface area contributed by atoms with Crippen molar-refractivity contribution in [3.05, 3.63) is 41.6 Å². The van der Waals surface area contributed by atoms with Gasteiger partial charge in [0.05, 0.1) is 0 Å². The van der Waals surface area contributed by atoms with Crippen LogP contribution in [0, 0.1) is 6.92 Å². The van der Waals surface area contributed by atoms with Crippen molar-refractivity contribution in [1.29, 1.82) is 0 Å². The molecule has 0 fully saturated rings. The largest absolute Gasteiger partial charge is 0.339 e. The van der Waals surface area contributed by atoms with Crippen molar-refractivity contribution in [2.45, 2.75) is 6.92 Å². The Balaban J connectivity index is 2.47. The van der Waals surface area contributed by atoms with E-state index in [0.717, 1.165) is 33.9 Å². The van der Waals surface area contributed by atoms with Crippen LogP contribution in [0.1, 0.15) is 16.1 Å². The lowest BCUT2D eigenvalue weighted by Crippen LogP contribution is -1.79. The van der Waals surface area contributed by atoms with Gasteiger partial charge in [-0.15, -0.1) is 0 Å². The molecular formula is C13H10N2O. The van der Waals surface area contributed by atoms with Gasteiger partial charge in [0, 0.05) is 27.5 Å². The zero-order valence-electron chi connectivity index (χ0n) is 8.82. The molecule has 0 saturated carbocycles. The number of aryl methyl sites for hydroxylation is 1. The van der Waals surface area contributed by atoms with Crippen LogP contribution in [0.2, 0.25) is 0 Å². The molecule has 3 heteroatoms. The highest BCUT2D eigenvalue weighted by Crippen LogP contribution is 2.24. The number of carbonyl (C=O) groups is 1. The highest BCUT2D eigenvalue weighted by Gasteiger charge is 2.05. The van der Waals surface area contributed by atoms with Gasteiger partial charge in [0.1, 0.15) is 11.9 Å². The van der Waals surface area contributed by atoms with E-state index in [1.54, 1.807) is 6.07 Å². The van der Waals surface area contributed by atoms with Crippen LogP contribution < -0.4 is 0 Å². The molecule has 2 aromatic heterocycles. The van der Waals surface area contributed by atoms with Gasteiger partial charge in [0.25, 0.3) is 0 Å². The maximum Gasteiger partial charge on any atom is 0.150 e. The van der Waals surface area contributed by atoms with Crippen molar-refractivity contribution in [3.8, 4) is 0 Å². The Labute approximate surface area is 92.1 Å². The lowest BCUT2D eigenvalue weighted by atomic mass is 10.1. The number of aldehydes is 1. The highest BCUT2D eigenvalue weighted by atomic mass is 16.1. The van der Waals surface area contributed by atoms with Crippen LogP contribution in [0.3, 0.4) is 0 Å². The van der Waals surface area contributed by atoms with Gasteiger partial charge >= 0.3 is 0 Å². The molecule has 0 spiro atoms. The fraction of sp³-hybridized carbons (Fsp3) is 0.0769. The average molecular weight is 210 g/mol. The van der Waals surface area contributed by atoms with Crippen LogP contribution in [0.5, 0.6) is 0 Å². The summed E-state index contributed by atoms with van der Waals surface area (Å²) in [6.07, 6.45) is 0.861. The van der Waals surface area contributed by atoms with E-state index in [-0.39, 0.29) is 0 Å². The van der Waals surface area contributed by atoms with E-state index < -0.39 is 0 Å². The molecule has 0 atom stereocenters. The summed E-state index contributed by atoms with van der Waals surface area (Å²) in [5, 5.41) is 2.11. The number of hydrogen-bond acceptors (Lipinski definition) is 2. The Morgan fingerprint density at radius 3 is 2.88 bits per heavy atom. The number of fused-ring (bicyclic) bond motifs is 3. The monoisotopic (exact) mass is 210 g/mol. The van der Waals surface area contributed by atoms with Crippen LogP contribution in [0.4, 0.5) is 0 Å². The quantitative estimate of drug-likeness (QED) is 0.628. The minimum absolute atomic E-state index is 0.689. The third-order valence-corrected chi connectivity index (χ3v) is 2.76. The molecule has 2 heterocycles. The lowest BCUT2D eigenvalue weighted by molar-refractivity contribution is 0.112. The number of nitrogens with zero attached hydrogens (tertiary/aromatic N) is 1. The number of rotatable bonds is 1. The minimum Gasteiger partial charge on any atom is -0.339 e. The predicted octanol–water partition coefficient (Wildman–Crippen LogP) is 2.84. The first-order valence-corrected chi connectivity index (χ1v) is 5.12. The van der Waals surface area contributed by atoms with Crippen LogP contribution in [0.15, 0.2) is 30.3 Å². The second kappa shape index (κ2) is 3.17. The van der Waals surface area contributed by atoms with Gasteiger partial charge in [-0.25, -0.2) is 4.98 Å². The van der Waals surface area contributed by atoms with Crippen molar-refractivity contribution in [3.63, 3.8) is 0 Å². The van der Waals surface area contributed by atoms with Gasteiger partial charge in [-0.05, 0) is 37.3 Å². The first-order valence-electron chi connectivity index (χ1n) is 5.12. The summed E-state index contributed by atoms with van der Waals surface area (Å²) >= 11 is 0. The number of nitrogens with one attached hydrogen (secondary N) is 1. The van der Waals surface area contributed by atoms with Gasteiger partial charge in [0.2, 0.25) is 0 Å². The second-order valence-corrected chi connectivity index (χ2v) is 3.90. The summed E-state index contributed by atoms with van der Waals surface area (Å²) in [6.45, 7) is 1.96. The molecule has 0 radical (unpaired) electrons. The number of aromatic amines is 1. The topological polar surface area (TPSA) is 45.8 Å². The van der Waals surface area contributed by atoms with Crippen molar-refractivity contribution < 1.29 is 4.79 Å². The SMILES string of the molecule is Cc1ccc2c(n1)[nH]c1ccc(C=O)cc12. The number of pyridine rings is 1. The summed E-state index contributed by atoms with van der Waals surface area (Å²) < 4.78 is 0. The molecule has 0 aliphatic carbocycles. The first-order chi connectivity index (χ1) is 7.78. The molecule has 16 heavy (non-hydrogen) atoms. The molecule has 1 N–H and O–H groups in total. The van der Waals surface area contributed by atoms with Crippen LogP contribution in [-0.2, 0) is 0 Å². The average Bonchev–Trinajstić information content (AvgIpc) is 2.65. The van der Waals surface area contributed by atoms with E-state index in [2.05, 4.69) is 9.97 Å². The minimum atomic E-state index is 0.689. The second-order valence-electron chi connectivity index (χ2n) is 3.90. The number of aromatic nitrogens is 2. The van der Waals surface area contributed by atoms with Crippen molar-refractivity contribution in [1.82, 2.24) is 9.97 Å². The molecule has 0 aliphatic rings. The zero-order chi connectivity index (χ0) is 11.1. The van der Waals surface area contributed by atoms with E-state index >= 15 is 0 Å². The molecule has 0 aliphatic heterocycles. The molecule has 3 rings (SSSR count). The Morgan fingerprint density at radius 2 is 2.06 bits per heavy atom. The number of hydrogen-bond donors (Lipinski definition) is 1. The molecule has 78 valence electrons. The van der Waals surface area contributed by atoms with E-state index in [1.807, 2.05) is 31.2 Å². The van der Waals surface area contributed by atoms with Crippen LogP contribution in [-0.4, -0.2) is 16.3 Å². The molecule has 3 nitrogen and oxygen atoms in total. The van der Waals surface area contributed by atoms with Gasteiger partial charge in [-0.1, -0.05) is 0 Å². The summed E-state index contributed by atoms with van der Waals surface area (Å²) in [4.78, 5) is 18.4. The van der Waals surface area contributed by atoms with E-state index in [9.17, 15) is 4.79 Å². The molecule has 0 unspecified atom stereocenters. The van der Waals surface area contributed by atoms with Crippen molar-refractivity contribution in [2.75, 3.05) is 0 Å². The molecule has 1 aromatic carbocycles. The normalized spacial score (nSPS) is 11.1. The smallest absolute Gasteiger partial charge is 0.150 e. The standard InChI is InChI=1S/C13H10N2O/c1-8-2-4-10-11-6-9(7-16)3-5-12(11)15-13(10)14-8/h2-7H,1H3,(H,14,15). The van der Waals surface area contributed by atoms with Gasteiger partial charge < -0.3 is 4.98 Å². The molecule has 0 bridgehead atoms. The number of H-pyrrole nitrogens is 1. The molecule has 0 amide bonds. The van der Waals surface area contributed by atoms with Gasteiger partial charge in [-0.2, -0.15) is 0 Å². The maximum atomic E-state index is 10.7. The summed E-state index contributed by atoms with van der Waals surface area (Å²) in [7, 11) is 0. The maximum absolute atomic E-state index is 10.7. The Bertz CT molecular complexity index is 698. The summed E-state index contributed by atoms with van der Waals surface area (Å²) in [6, 6.07) is 9.61. The fourth-order valence-corrected chi connectivity index (χ4v) is 1.96. The van der Waals surface area contributed by atoms with Crippen LogP contribution >= 0.6 is 0 Å². The lowest BCUT2D eigenvalue weighted by Gasteiger charge is -1.93. The predicted molar refractivity (Wildman–Crippen MR) is 63.7 cm³/mol. The Hall–Kier alpha value is -2.16. The summed E-state index contributed by atoms with van der Waals surface area (Å²) in [5.41, 5.74) is 3.56. The van der Waals surface area contributed by atoms with E-state index in [1.165, 1.54) is 0 Å². The zero-order valence-corrected chi connectivity index (χ0v) is 8.82. The van der Waals surface area contributed by atoms with Crippen molar-refractivity contribution in [2.24, 2.45) is 0 Å². The highest BCUT2D eigenvalue weighted by molar-refractivity contribution is 6.07. The van der Waals surface area contributed by atoms with E-state index in [0.29, 0.717) is 5.56 Å². The van der Waals surface area contributed by atoms with Crippen LogP contribution in [0.25, 0.3) is 21.9 Å². The van der Waals surface area contributed by atoms with Gasteiger partial charge in [0.15, 0.2) is 0 Å². The Kier molecular flexibility index (Phi) is 1.80. The summed E-state index contributed by atoms with van der Waals surface area (Å²) in [5.74, 6) is 0.